The maximum Gasteiger partial charge on any atom is 0.0676 e. The highest BCUT2D eigenvalue weighted by Crippen LogP contribution is 2.54. The van der Waals surface area contributed by atoms with Crippen LogP contribution in [0.5, 0.6) is 0 Å². The van der Waals surface area contributed by atoms with Gasteiger partial charge in [0.05, 0.1) is 5.60 Å². The van der Waals surface area contributed by atoms with Crippen molar-refractivity contribution in [3.8, 4) is 0 Å². The Morgan fingerprint density at radius 3 is 2.21 bits per heavy atom. The molecule has 0 aromatic carbocycles. The Kier molecular flexibility index (Phi) is 3.95. The average molecular weight is 264 g/mol. The summed E-state index contributed by atoms with van der Waals surface area (Å²) in [6.07, 6.45) is 17.3. The summed E-state index contributed by atoms with van der Waals surface area (Å²) in [6.45, 7) is 2.32. The van der Waals surface area contributed by atoms with Crippen molar-refractivity contribution < 1.29 is 5.11 Å². The van der Waals surface area contributed by atoms with Crippen molar-refractivity contribution in [2.45, 2.75) is 96.0 Å². The van der Waals surface area contributed by atoms with Crippen LogP contribution in [0.1, 0.15) is 90.4 Å². The lowest BCUT2D eigenvalue weighted by molar-refractivity contribution is -0.0917. The number of aliphatic hydroxyl groups is 1. The fourth-order valence-electron chi connectivity index (χ4n) is 5.40. The topological polar surface area (TPSA) is 20.2 Å². The maximum atomic E-state index is 11.2. The first-order valence-corrected chi connectivity index (χ1v) is 8.88. The highest BCUT2D eigenvalue weighted by atomic mass is 16.3. The summed E-state index contributed by atoms with van der Waals surface area (Å²) < 4.78 is 0. The summed E-state index contributed by atoms with van der Waals surface area (Å²) in [5, 5.41) is 11.2. The van der Waals surface area contributed by atoms with Crippen LogP contribution in [0.4, 0.5) is 0 Å². The maximum absolute atomic E-state index is 11.2. The molecule has 3 saturated carbocycles. The minimum atomic E-state index is -0.290. The fourth-order valence-corrected chi connectivity index (χ4v) is 5.40. The van der Waals surface area contributed by atoms with Crippen molar-refractivity contribution in [1.29, 1.82) is 0 Å². The Hall–Kier alpha value is -0.0400. The molecule has 0 amide bonds. The van der Waals surface area contributed by atoms with Gasteiger partial charge in [-0.05, 0) is 68.6 Å². The standard InChI is InChI=1S/C18H32O/c1-2-15-6-5-7-16(14-15)18(19)12-10-17(11-13-18)8-3-4-9-17/h15-16,19H,2-14H2,1H3. The van der Waals surface area contributed by atoms with Crippen LogP contribution in [0.2, 0.25) is 0 Å². The highest BCUT2D eigenvalue weighted by Gasteiger charge is 2.47. The van der Waals surface area contributed by atoms with Gasteiger partial charge in [0.2, 0.25) is 0 Å². The third kappa shape index (κ3) is 2.73. The highest BCUT2D eigenvalue weighted by molar-refractivity contribution is 4.99. The van der Waals surface area contributed by atoms with E-state index in [9.17, 15) is 5.11 Å². The Labute approximate surface area is 119 Å². The van der Waals surface area contributed by atoms with Gasteiger partial charge in [0.25, 0.3) is 0 Å². The summed E-state index contributed by atoms with van der Waals surface area (Å²) in [5.41, 5.74) is 0.368. The molecule has 1 nitrogen and oxygen atoms in total. The summed E-state index contributed by atoms with van der Waals surface area (Å²) in [5.74, 6) is 1.51. The minimum Gasteiger partial charge on any atom is -0.390 e. The second-order valence-corrected chi connectivity index (χ2v) is 7.95. The molecule has 1 N–H and O–H groups in total. The lowest BCUT2D eigenvalue weighted by atomic mass is 9.61. The lowest BCUT2D eigenvalue weighted by Gasteiger charge is -2.48. The molecule has 110 valence electrons. The van der Waals surface area contributed by atoms with Gasteiger partial charge < -0.3 is 5.11 Å². The van der Waals surface area contributed by atoms with Crippen molar-refractivity contribution in [2.24, 2.45) is 17.3 Å². The monoisotopic (exact) mass is 264 g/mol. The predicted molar refractivity (Wildman–Crippen MR) is 80.1 cm³/mol. The molecule has 2 atom stereocenters. The van der Waals surface area contributed by atoms with Gasteiger partial charge >= 0.3 is 0 Å². The summed E-state index contributed by atoms with van der Waals surface area (Å²) in [6, 6.07) is 0. The predicted octanol–water partition coefficient (Wildman–Crippen LogP) is 5.07. The zero-order valence-corrected chi connectivity index (χ0v) is 12.8. The van der Waals surface area contributed by atoms with Crippen LogP contribution in [0.15, 0.2) is 0 Å². The molecule has 0 aliphatic heterocycles. The second-order valence-electron chi connectivity index (χ2n) is 7.95. The van der Waals surface area contributed by atoms with Crippen LogP contribution in [-0.2, 0) is 0 Å². The van der Waals surface area contributed by atoms with E-state index in [4.69, 9.17) is 0 Å². The molecule has 3 fully saturated rings. The minimum absolute atomic E-state index is 0.290. The van der Waals surface area contributed by atoms with Crippen LogP contribution >= 0.6 is 0 Å². The first-order valence-electron chi connectivity index (χ1n) is 8.88. The second kappa shape index (κ2) is 5.39. The van der Waals surface area contributed by atoms with E-state index in [-0.39, 0.29) is 5.60 Å². The lowest BCUT2D eigenvalue weighted by Crippen LogP contribution is -2.45. The van der Waals surface area contributed by atoms with Gasteiger partial charge in [-0.2, -0.15) is 0 Å². The number of rotatable bonds is 2. The van der Waals surface area contributed by atoms with E-state index in [1.165, 1.54) is 70.6 Å². The molecule has 1 spiro atoms. The molecule has 2 unspecified atom stereocenters. The van der Waals surface area contributed by atoms with Crippen LogP contribution in [-0.4, -0.2) is 10.7 Å². The summed E-state index contributed by atoms with van der Waals surface area (Å²) in [7, 11) is 0. The largest absolute Gasteiger partial charge is 0.390 e. The van der Waals surface area contributed by atoms with Crippen molar-refractivity contribution in [3.63, 3.8) is 0 Å². The molecule has 0 radical (unpaired) electrons. The van der Waals surface area contributed by atoms with Gasteiger partial charge in [-0.15, -0.1) is 0 Å². The van der Waals surface area contributed by atoms with E-state index >= 15 is 0 Å². The summed E-state index contributed by atoms with van der Waals surface area (Å²) in [4.78, 5) is 0. The third-order valence-electron chi connectivity index (χ3n) is 6.96. The van der Waals surface area contributed by atoms with Crippen molar-refractivity contribution in [1.82, 2.24) is 0 Å². The molecule has 3 aliphatic rings. The van der Waals surface area contributed by atoms with E-state index in [0.29, 0.717) is 11.3 Å². The molecule has 0 aromatic heterocycles. The van der Waals surface area contributed by atoms with E-state index < -0.39 is 0 Å². The van der Waals surface area contributed by atoms with Gasteiger partial charge in [-0.3, -0.25) is 0 Å². The molecule has 3 aliphatic carbocycles. The van der Waals surface area contributed by atoms with E-state index in [1.54, 1.807) is 0 Å². The molecule has 1 heteroatoms. The number of hydrogen-bond acceptors (Lipinski definition) is 1. The van der Waals surface area contributed by atoms with Crippen molar-refractivity contribution in [2.75, 3.05) is 0 Å². The Balaban J connectivity index is 1.61. The smallest absolute Gasteiger partial charge is 0.0676 e. The SMILES string of the molecule is CCC1CCCC(C2(O)CCC3(CCCC3)CC2)C1. The van der Waals surface area contributed by atoms with Crippen LogP contribution < -0.4 is 0 Å². The number of hydrogen-bond donors (Lipinski definition) is 1. The molecule has 0 bridgehead atoms. The van der Waals surface area contributed by atoms with Gasteiger partial charge in [0.1, 0.15) is 0 Å². The Bertz CT molecular complexity index is 293. The molecule has 0 aromatic rings. The van der Waals surface area contributed by atoms with E-state index in [0.717, 1.165) is 18.8 Å². The quantitative estimate of drug-likeness (QED) is 0.738. The normalized spacial score (nSPS) is 37.6. The van der Waals surface area contributed by atoms with Crippen LogP contribution in [0.25, 0.3) is 0 Å². The summed E-state index contributed by atoms with van der Waals surface area (Å²) >= 11 is 0. The third-order valence-corrected chi connectivity index (χ3v) is 6.96. The van der Waals surface area contributed by atoms with Gasteiger partial charge in [-0.1, -0.05) is 39.0 Å². The van der Waals surface area contributed by atoms with Crippen molar-refractivity contribution >= 4 is 0 Å². The molecule has 3 rings (SSSR count). The fraction of sp³-hybridized carbons (Fsp3) is 1.00. The molecule has 0 heterocycles. The average Bonchev–Trinajstić information content (AvgIpc) is 2.92. The van der Waals surface area contributed by atoms with E-state index in [1.807, 2.05) is 0 Å². The van der Waals surface area contributed by atoms with Crippen LogP contribution in [0, 0.1) is 17.3 Å². The molecule has 19 heavy (non-hydrogen) atoms. The van der Waals surface area contributed by atoms with Gasteiger partial charge in [0.15, 0.2) is 0 Å². The van der Waals surface area contributed by atoms with Crippen LogP contribution in [0.3, 0.4) is 0 Å². The zero-order chi connectivity index (χ0) is 13.3. The van der Waals surface area contributed by atoms with Crippen molar-refractivity contribution in [3.05, 3.63) is 0 Å². The Morgan fingerprint density at radius 2 is 1.58 bits per heavy atom. The first-order chi connectivity index (χ1) is 9.16. The zero-order valence-electron chi connectivity index (χ0n) is 12.8. The Morgan fingerprint density at radius 1 is 0.895 bits per heavy atom. The first kappa shape index (κ1) is 13.9. The molecule has 0 saturated heterocycles. The van der Waals surface area contributed by atoms with E-state index in [2.05, 4.69) is 6.92 Å². The molecular weight excluding hydrogens is 232 g/mol. The molecular formula is C18H32O. The van der Waals surface area contributed by atoms with Gasteiger partial charge in [-0.25, -0.2) is 0 Å². The van der Waals surface area contributed by atoms with Gasteiger partial charge in [0, 0.05) is 0 Å².